The SMILES string of the molecule is CC1CC(c2ccc(Nc3ccc4c(c3)OCC(=O)N4)cc2)CCO1. The van der Waals surface area contributed by atoms with E-state index < -0.39 is 0 Å². The molecule has 2 atom stereocenters. The Hall–Kier alpha value is -2.53. The lowest BCUT2D eigenvalue weighted by Crippen LogP contribution is -2.25. The fourth-order valence-corrected chi connectivity index (χ4v) is 3.46. The van der Waals surface area contributed by atoms with Crippen LogP contribution in [0.2, 0.25) is 0 Å². The van der Waals surface area contributed by atoms with Crippen molar-refractivity contribution in [3.05, 3.63) is 48.0 Å². The lowest BCUT2D eigenvalue weighted by Gasteiger charge is -2.27. The summed E-state index contributed by atoms with van der Waals surface area (Å²) in [6.45, 7) is 3.05. The van der Waals surface area contributed by atoms with Crippen LogP contribution < -0.4 is 15.4 Å². The van der Waals surface area contributed by atoms with E-state index in [2.05, 4.69) is 41.8 Å². The van der Waals surface area contributed by atoms with Gasteiger partial charge in [0.15, 0.2) is 6.61 Å². The van der Waals surface area contributed by atoms with Crippen LogP contribution in [0.4, 0.5) is 17.1 Å². The summed E-state index contributed by atoms with van der Waals surface area (Å²) in [5.41, 5.74) is 4.05. The van der Waals surface area contributed by atoms with Crippen LogP contribution in [0.25, 0.3) is 0 Å². The van der Waals surface area contributed by atoms with Crippen molar-refractivity contribution in [3.63, 3.8) is 0 Å². The van der Waals surface area contributed by atoms with Gasteiger partial charge in [-0.25, -0.2) is 0 Å². The van der Waals surface area contributed by atoms with Crippen LogP contribution in [0.15, 0.2) is 42.5 Å². The normalized spacial score (nSPS) is 22.5. The van der Waals surface area contributed by atoms with Crippen molar-refractivity contribution < 1.29 is 14.3 Å². The minimum absolute atomic E-state index is 0.0642. The number of fused-ring (bicyclic) bond motifs is 1. The maximum atomic E-state index is 11.3. The van der Waals surface area contributed by atoms with Crippen molar-refractivity contribution >= 4 is 23.0 Å². The zero-order chi connectivity index (χ0) is 17.2. The molecule has 2 aliphatic rings. The average Bonchev–Trinajstić information content (AvgIpc) is 2.62. The standard InChI is InChI=1S/C20H22N2O3/c1-13-10-15(8-9-24-13)14-2-4-16(5-3-14)21-17-6-7-18-19(11-17)25-12-20(23)22-18/h2-7,11,13,15,21H,8-10,12H2,1H3,(H,22,23). The molecule has 2 aromatic rings. The first kappa shape index (κ1) is 16.0. The molecule has 1 saturated heterocycles. The highest BCUT2D eigenvalue weighted by atomic mass is 16.5. The summed E-state index contributed by atoms with van der Waals surface area (Å²) >= 11 is 0. The topological polar surface area (TPSA) is 59.6 Å². The van der Waals surface area contributed by atoms with Crippen LogP contribution >= 0.6 is 0 Å². The van der Waals surface area contributed by atoms with Crippen molar-refractivity contribution in [2.45, 2.75) is 31.8 Å². The molecule has 25 heavy (non-hydrogen) atoms. The number of nitrogens with one attached hydrogen (secondary N) is 2. The maximum Gasteiger partial charge on any atom is 0.262 e. The Bertz CT molecular complexity index is 773. The van der Waals surface area contributed by atoms with Crippen LogP contribution in [0.3, 0.4) is 0 Å². The predicted octanol–water partition coefficient (Wildman–Crippen LogP) is 4.04. The smallest absolute Gasteiger partial charge is 0.262 e. The third kappa shape index (κ3) is 3.61. The highest BCUT2D eigenvalue weighted by Gasteiger charge is 2.20. The van der Waals surface area contributed by atoms with Crippen molar-refractivity contribution in [2.24, 2.45) is 0 Å². The summed E-state index contributed by atoms with van der Waals surface area (Å²) in [5, 5.41) is 6.18. The van der Waals surface area contributed by atoms with Crippen molar-refractivity contribution in [3.8, 4) is 5.75 Å². The third-order valence-corrected chi connectivity index (χ3v) is 4.77. The van der Waals surface area contributed by atoms with Gasteiger partial charge in [-0.15, -0.1) is 0 Å². The minimum atomic E-state index is -0.119. The third-order valence-electron chi connectivity index (χ3n) is 4.77. The van der Waals surface area contributed by atoms with Gasteiger partial charge in [0, 0.05) is 24.0 Å². The summed E-state index contributed by atoms with van der Waals surface area (Å²) in [6, 6.07) is 14.3. The first-order chi connectivity index (χ1) is 12.2. The Morgan fingerprint density at radius 3 is 2.72 bits per heavy atom. The fourth-order valence-electron chi connectivity index (χ4n) is 3.46. The van der Waals surface area contributed by atoms with Crippen LogP contribution in [0.5, 0.6) is 5.75 Å². The van der Waals surface area contributed by atoms with E-state index in [4.69, 9.17) is 9.47 Å². The van der Waals surface area contributed by atoms with Gasteiger partial charge in [-0.2, -0.15) is 0 Å². The minimum Gasteiger partial charge on any atom is -0.482 e. The van der Waals surface area contributed by atoms with E-state index in [0.717, 1.165) is 30.8 Å². The molecule has 2 aliphatic heterocycles. The molecule has 130 valence electrons. The molecule has 0 aliphatic carbocycles. The highest BCUT2D eigenvalue weighted by Crippen LogP contribution is 2.33. The van der Waals surface area contributed by atoms with E-state index in [1.54, 1.807) is 0 Å². The van der Waals surface area contributed by atoms with E-state index >= 15 is 0 Å². The lowest BCUT2D eigenvalue weighted by molar-refractivity contribution is -0.118. The molecule has 1 fully saturated rings. The molecule has 0 bridgehead atoms. The fraction of sp³-hybridized carbons (Fsp3) is 0.350. The van der Waals surface area contributed by atoms with Gasteiger partial charge in [-0.05, 0) is 55.5 Å². The van der Waals surface area contributed by atoms with E-state index in [9.17, 15) is 4.79 Å². The Labute approximate surface area is 147 Å². The zero-order valence-electron chi connectivity index (χ0n) is 14.2. The molecule has 2 heterocycles. The molecule has 2 N–H and O–H groups in total. The molecule has 0 radical (unpaired) electrons. The van der Waals surface area contributed by atoms with Gasteiger partial charge < -0.3 is 20.1 Å². The Morgan fingerprint density at radius 1 is 1.12 bits per heavy atom. The van der Waals surface area contributed by atoms with E-state index in [1.165, 1.54) is 5.56 Å². The number of benzene rings is 2. The summed E-state index contributed by atoms with van der Waals surface area (Å²) in [7, 11) is 0. The van der Waals surface area contributed by atoms with Gasteiger partial charge in [0.25, 0.3) is 5.91 Å². The molecule has 4 rings (SSSR count). The highest BCUT2D eigenvalue weighted by molar-refractivity contribution is 5.95. The molecular formula is C20H22N2O3. The number of ether oxygens (including phenoxy) is 2. The Kier molecular flexibility index (Phi) is 4.32. The number of carbonyl (C=O) groups is 1. The second kappa shape index (κ2) is 6.76. The van der Waals surface area contributed by atoms with Gasteiger partial charge in [0.2, 0.25) is 0 Å². The van der Waals surface area contributed by atoms with Gasteiger partial charge in [0.1, 0.15) is 5.75 Å². The van der Waals surface area contributed by atoms with Crippen molar-refractivity contribution in [1.29, 1.82) is 0 Å². The molecule has 0 spiro atoms. The second-order valence-corrected chi connectivity index (χ2v) is 6.70. The van der Waals surface area contributed by atoms with E-state index in [0.29, 0.717) is 23.5 Å². The lowest BCUT2D eigenvalue weighted by atomic mass is 9.89. The first-order valence-electron chi connectivity index (χ1n) is 8.73. The summed E-state index contributed by atoms with van der Waals surface area (Å²) in [5.74, 6) is 1.15. The second-order valence-electron chi connectivity index (χ2n) is 6.70. The number of anilines is 3. The number of carbonyl (C=O) groups excluding carboxylic acids is 1. The number of hydrogen-bond acceptors (Lipinski definition) is 4. The Balaban J connectivity index is 1.45. The predicted molar refractivity (Wildman–Crippen MR) is 97.7 cm³/mol. The number of amides is 1. The molecule has 2 aromatic carbocycles. The maximum absolute atomic E-state index is 11.3. The molecule has 5 heteroatoms. The van der Waals surface area contributed by atoms with Crippen molar-refractivity contribution in [2.75, 3.05) is 23.8 Å². The zero-order valence-corrected chi connectivity index (χ0v) is 14.2. The van der Waals surface area contributed by atoms with Gasteiger partial charge >= 0.3 is 0 Å². The van der Waals surface area contributed by atoms with Crippen LogP contribution in [0, 0.1) is 0 Å². The molecule has 2 unspecified atom stereocenters. The monoisotopic (exact) mass is 338 g/mol. The molecular weight excluding hydrogens is 316 g/mol. The Morgan fingerprint density at radius 2 is 1.92 bits per heavy atom. The number of hydrogen-bond donors (Lipinski definition) is 2. The molecule has 1 amide bonds. The number of rotatable bonds is 3. The van der Waals surface area contributed by atoms with Crippen LogP contribution in [-0.2, 0) is 9.53 Å². The van der Waals surface area contributed by atoms with Crippen LogP contribution in [0.1, 0.15) is 31.2 Å². The van der Waals surface area contributed by atoms with Gasteiger partial charge in [-0.1, -0.05) is 12.1 Å². The largest absolute Gasteiger partial charge is 0.482 e. The van der Waals surface area contributed by atoms with Gasteiger partial charge in [-0.3, -0.25) is 4.79 Å². The van der Waals surface area contributed by atoms with E-state index in [1.807, 2.05) is 18.2 Å². The van der Waals surface area contributed by atoms with Crippen LogP contribution in [-0.4, -0.2) is 25.2 Å². The summed E-state index contributed by atoms with van der Waals surface area (Å²) in [6.07, 6.45) is 2.51. The van der Waals surface area contributed by atoms with Gasteiger partial charge in [0.05, 0.1) is 11.8 Å². The molecule has 5 nitrogen and oxygen atoms in total. The molecule has 0 saturated carbocycles. The molecule has 0 aromatic heterocycles. The van der Waals surface area contributed by atoms with Crippen molar-refractivity contribution in [1.82, 2.24) is 0 Å². The first-order valence-corrected chi connectivity index (χ1v) is 8.73. The summed E-state index contributed by atoms with van der Waals surface area (Å²) in [4.78, 5) is 11.3. The van der Waals surface area contributed by atoms with E-state index in [-0.39, 0.29) is 12.5 Å². The average molecular weight is 338 g/mol. The quantitative estimate of drug-likeness (QED) is 0.886. The summed E-state index contributed by atoms with van der Waals surface area (Å²) < 4.78 is 11.1.